The lowest BCUT2D eigenvalue weighted by atomic mass is 10.2. The number of nitrogen functional groups attached to an aromatic ring is 1. The topological polar surface area (TPSA) is 67.7 Å². The van der Waals surface area contributed by atoms with E-state index in [1.165, 1.54) is 12.8 Å². The Morgan fingerprint density at radius 2 is 2.17 bits per heavy atom. The lowest BCUT2D eigenvalue weighted by Crippen LogP contribution is -2.11. The zero-order chi connectivity index (χ0) is 12.7. The number of benzene rings is 1. The molecule has 0 atom stereocenters. The molecule has 0 bridgehead atoms. The number of nitrogens with one attached hydrogen (secondary N) is 1. The van der Waals surface area contributed by atoms with Gasteiger partial charge in [-0.25, -0.2) is 4.68 Å². The van der Waals surface area contributed by atoms with E-state index in [0.717, 1.165) is 11.4 Å². The van der Waals surface area contributed by atoms with Crippen molar-refractivity contribution in [2.45, 2.75) is 18.8 Å². The van der Waals surface area contributed by atoms with Crippen molar-refractivity contribution in [2.24, 2.45) is 5.73 Å². The maximum atomic E-state index is 7.39. The molecule has 1 aliphatic rings. The van der Waals surface area contributed by atoms with Crippen LogP contribution in [-0.2, 0) is 0 Å². The highest BCUT2D eigenvalue weighted by Crippen LogP contribution is 2.39. The van der Waals surface area contributed by atoms with E-state index in [1.54, 1.807) is 12.1 Å². The van der Waals surface area contributed by atoms with Gasteiger partial charge >= 0.3 is 0 Å². The van der Waals surface area contributed by atoms with E-state index in [4.69, 9.17) is 22.7 Å². The zero-order valence-electron chi connectivity index (χ0n) is 9.73. The standard InChI is InChI=1S/C13H13ClN4/c14-11-7-9(3-4-10(11)13(15)16)18-6-5-12(17-18)8-1-2-8/h3-8H,1-2H2,(H3,15,16). The first kappa shape index (κ1) is 11.3. The number of halogens is 1. The molecule has 0 aliphatic heterocycles. The third kappa shape index (κ3) is 1.99. The summed E-state index contributed by atoms with van der Waals surface area (Å²) in [4.78, 5) is 0. The van der Waals surface area contributed by atoms with Gasteiger partial charge in [-0.1, -0.05) is 11.6 Å². The summed E-state index contributed by atoms with van der Waals surface area (Å²) in [6.45, 7) is 0. The van der Waals surface area contributed by atoms with Crippen LogP contribution in [0.3, 0.4) is 0 Å². The van der Waals surface area contributed by atoms with Crippen molar-refractivity contribution in [1.29, 1.82) is 5.41 Å². The van der Waals surface area contributed by atoms with Crippen LogP contribution in [0.1, 0.15) is 30.0 Å². The third-order valence-electron chi connectivity index (χ3n) is 3.11. The molecule has 0 unspecified atom stereocenters. The van der Waals surface area contributed by atoms with Gasteiger partial charge in [0.05, 0.1) is 16.4 Å². The molecule has 3 N–H and O–H groups in total. The summed E-state index contributed by atoms with van der Waals surface area (Å²) in [7, 11) is 0. The van der Waals surface area contributed by atoms with Gasteiger partial charge in [0.25, 0.3) is 0 Å². The SMILES string of the molecule is N=C(N)c1ccc(-n2ccc(C3CC3)n2)cc1Cl. The molecule has 1 aromatic heterocycles. The molecular formula is C13H13ClN4. The molecule has 4 nitrogen and oxygen atoms in total. The van der Waals surface area contributed by atoms with Crippen molar-refractivity contribution in [3.63, 3.8) is 0 Å². The van der Waals surface area contributed by atoms with Gasteiger partial charge in [0, 0.05) is 17.7 Å². The van der Waals surface area contributed by atoms with Crippen molar-refractivity contribution < 1.29 is 0 Å². The number of nitrogens with two attached hydrogens (primary N) is 1. The number of amidine groups is 1. The number of hydrogen-bond acceptors (Lipinski definition) is 2. The molecular weight excluding hydrogens is 248 g/mol. The first-order chi connectivity index (χ1) is 8.65. The maximum absolute atomic E-state index is 7.39. The molecule has 0 saturated heterocycles. The second-order valence-electron chi connectivity index (χ2n) is 4.54. The van der Waals surface area contributed by atoms with Crippen LogP contribution in [0, 0.1) is 5.41 Å². The fraction of sp³-hybridized carbons (Fsp3) is 0.231. The summed E-state index contributed by atoms with van der Waals surface area (Å²) in [5.74, 6) is 0.615. The molecule has 2 aromatic rings. The molecule has 1 aromatic carbocycles. The van der Waals surface area contributed by atoms with Gasteiger partial charge in [0.1, 0.15) is 5.84 Å². The lowest BCUT2D eigenvalue weighted by molar-refractivity contribution is 0.837. The normalized spacial score (nSPS) is 14.7. The van der Waals surface area contributed by atoms with Gasteiger partial charge in [0.15, 0.2) is 0 Å². The van der Waals surface area contributed by atoms with Crippen LogP contribution in [0.25, 0.3) is 5.69 Å². The van der Waals surface area contributed by atoms with E-state index in [2.05, 4.69) is 5.10 Å². The highest BCUT2D eigenvalue weighted by Gasteiger charge is 2.25. The van der Waals surface area contributed by atoms with Gasteiger partial charge in [0.2, 0.25) is 0 Å². The third-order valence-corrected chi connectivity index (χ3v) is 3.43. The minimum absolute atomic E-state index is 0.0225. The van der Waals surface area contributed by atoms with E-state index >= 15 is 0 Å². The number of hydrogen-bond donors (Lipinski definition) is 2. The van der Waals surface area contributed by atoms with Gasteiger partial charge < -0.3 is 5.73 Å². The summed E-state index contributed by atoms with van der Waals surface area (Å²) in [5.41, 5.74) is 8.01. The Hall–Kier alpha value is -1.81. The summed E-state index contributed by atoms with van der Waals surface area (Å²) < 4.78 is 1.81. The molecule has 0 radical (unpaired) electrons. The number of rotatable bonds is 3. The minimum Gasteiger partial charge on any atom is -0.384 e. The highest BCUT2D eigenvalue weighted by atomic mass is 35.5. The average molecular weight is 261 g/mol. The Bertz CT molecular complexity index is 613. The van der Waals surface area contributed by atoms with E-state index in [-0.39, 0.29) is 5.84 Å². The lowest BCUT2D eigenvalue weighted by Gasteiger charge is -2.06. The van der Waals surface area contributed by atoms with Crippen LogP contribution in [0.2, 0.25) is 5.02 Å². The predicted octanol–water partition coefficient (Wildman–Crippen LogP) is 2.69. The zero-order valence-corrected chi connectivity index (χ0v) is 10.5. The Morgan fingerprint density at radius 3 is 2.78 bits per heavy atom. The summed E-state index contributed by atoms with van der Waals surface area (Å²) in [5, 5.41) is 12.4. The smallest absolute Gasteiger partial charge is 0.124 e. The van der Waals surface area contributed by atoms with Crippen LogP contribution in [0.4, 0.5) is 0 Å². The number of nitrogens with zero attached hydrogens (tertiary/aromatic N) is 2. The van der Waals surface area contributed by atoms with Crippen LogP contribution in [-0.4, -0.2) is 15.6 Å². The Kier molecular flexibility index (Phi) is 2.59. The van der Waals surface area contributed by atoms with Crippen LogP contribution in [0.5, 0.6) is 0 Å². The van der Waals surface area contributed by atoms with E-state index in [0.29, 0.717) is 16.5 Å². The molecule has 1 aliphatic carbocycles. The maximum Gasteiger partial charge on any atom is 0.124 e. The molecule has 1 fully saturated rings. The quantitative estimate of drug-likeness (QED) is 0.658. The molecule has 1 saturated carbocycles. The predicted molar refractivity (Wildman–Crippen MR) is 71.6 cm³/mol. The first-order valence-corrected chi connectivity index (χ1v) is 6.23. The van der Waals surface area contributed by atoms with E-state index < -0.39 is 0 Å². The van der Waals surface area contributed by atoms with Crippen molar-refractivity contribution >= 4 is 17.4 Å². The second-order valence-corrected chi connectivity index (χ2v) is 4.94. The van der Waals surface area contributed by atoms with Crippen LogP contribution in [0.15, 0.2) is 30.5 Å². The fourth-order valence-electron chi connectivity index (χ4n) is 1.94. The monoisotopic (exact) mass is 260 g/mol. The van der Waals surface area contributed by atoms with Gasteiger partial charge in [-0.3, -0.25) is 5.41 Å². The minimum atomic E-state index is -0.0225. The molecule has 0 amide bonds. The van der Waals surface area contributed by atoms with Crippen molar-refractivity contribution in [3.8, 4) is 5.69 Å². The van der Waals surface area contributed by atoms with E-state index in [9.17, 15) is 0 Å². The van der Waals surface area contributed by atoms with Crippen molar-refractivity contribution in [1.82, 2.24) is 9.78 Å². The molecule has 92 valence electrons. The molecule has 1 heterocycles. The highest BCUT2D eigenvalue weighted by molar-refractivity contribution is 6.34. The van der Waals surface area contributed by atoms with Gasteiger partial charge in [-0.2, -0.15) is 5.10 Å². The van der Waals surface area contributed by atoms with Gasteiger partial charge in [-0.15, -0.1) is 0 Å². The van der Waals surface area contributed by atoms with E-state index in [1.807, 2.05) is 23.0 Å². The van der Waals surface area contributed by atoms with Gasteiger partial charge in [-0.05, 0) is 37.1 Å². The average Bonchev–Trinajstić information content (AvgIpc) is 3.06. The largest absolute Gasteiger partial charge is 0.384 e. The fourth-order valence-corrected chi connectivity index (χ4v) is 2.22. The Morgan fingerprint density at radius 1 is 1.39 bits per heavy atom. The Balaban J connectivity index is 1.95. The molecule has 18 heavy (non-hydrogen) atoms. The molecule has 0 spiro atoms. The summed E-state index contributed by atoms with van der Waals surface area (Å²) in [6, 6.07) is 7.44. The second kappa shape index (κ2) is 4.14. The summed E-state index contributed by atoms with van der Waals surface area (Å²) >= 11 is 6.09. The first-order valence-electron chi connectivity index (χ1n) is 5.85. The van der Waals surface area contributed by atoms with Crippen LogP contribution >= 0.6 is 11.6 Å². The molecule has 5 heteroatoms. The van der Waals surface area contributed by atoms with Crippen molar-refractivity contribution in [2.75, 3.05) is 0 Å². The molecule has 3 rings (SSSR count). The number of aromatic nitrogens is 2. The summed E-state index contributed by atoms with van der Waals surface area (Å²) in [6.07, 6.45) is 4.41. The van der Waals surface area contributed by atoms with Crippen LogP contribution < -0.4 is 5.73 Å². The Labute approximate surface area is 110 Å². The van der Waals surface area contributed by atoms with Crippen molar-refractivity contribution in [3.05, 3.63) is 46.7 Å².